The number of ether oxygens (including phenoxy) is 1. The number of nitrogens with one attached hydrogen (secondary N) is 1. The molecule has 1 rings (SSSR count). The van der Waals surface area contributed by atoms with E-state index in [0.717, 1.165) is 4.90 Å². The van der Waals surface area contributed by atoms with Crippen LogP contribution in [0, 0.1) is 0 Å². The summed E-state index contributed by atoms with van der Waals surface area (Å²) in [5.74, 6) is 0. The second-order valence-corrected chi connectivity index (χ2v) is 5.76. The molecule has 0 unspecified atom stereocenters. The summed E-state index contributed by atoms with van der Waals surface area (Å²) in [6, 6.07) is 5.30. The van der Waals surface area contributed by atoms with Crippen LogP contribution < -0.4 is 5.32 Å². The molecule has 0 aliphatic carbocycles. The third-order valence-corrected chi connectivity index (χ3v) is 2.81. The number of carbonyl (C=O) groups is 1. The molecule has 0 fully saturated rings. The number of hydrogen-bond acceptors (Lipinski definition) is 3. The summed E-state index contributed by atoms with van der Waals surface area (Å²) in [5, 5.41) is 3.35. The molecule has 0 heterocycles. The summed E-state index contributed by atoms with van der Waals surface area (Å²) in [6.07, 6.45) is 1.46. The molecule has 94 valence electrons. The van der Waals surface area contributed by atoms with Crippen LogP contribution in [0.15, 0.2) is 23.1 Å². The minimum Gasteiger partial charge on any atom is -0.444 e. The van der Waals surface area contributed by atoms with Gasteiger partial charge in [-0.1, -0.05) is 11.6 Å². The molecule has 0 bridgehead atoms. The molecule has 1 aromatic rings. The Morgan fingerprint density at radius 1 is 1.41 bits per heavy atom. The van der Waals surface area contributed by atoms with Crippen molar-refractivity contribution in [2.75, 3.05) is 11.6 Å². The van der Waals surface area contributed by atoms with E-state index in [4.69, 9.17) is 16.3 Å². The lowest BCUT2D eigenvalue weighted by molar-refractivity contribution is 0.0635. The third kappa shape index (κ3) is 4.88. The standard InChI is InChI=1S/C12H16ClNO2S/c1-12(2,3)16-11(15)14-9-6-5-8(13)7-10(9)17-4/h5-7H,1-4H3,(H,14,15). The number of amides is 1. The van der Waals surface area contributed by atoms with Gasteiger partial charge in [-0.05, 0) is 45.2 Å². The predicted octanol–water partition coefficient (Wildman–Crippen LogP) is 4.41. The molecule has 1 N–H and O–H groups in total. The lowest BCUT2D eigenvalue weighted by atomic mass is 10.2. The first-order chi connectivity index (χ1) is 7.81. The zero-order chi connectivity index (χ0) is 13.1. The fourth-order valence-corrected chi connectivity index (χ4v) is 2.00. The number of carbonyl (C=O) groups excluding carboxylic acids is 1. The molecule has 0 radical (unpaired) electrons. The molecule has 0 saturated carbocycles. The van der Waals surface area contributed by atoms with Gasteiger partial charge >= 0.3 is 6.09 Å². The van der Waals surface area contributed by atoms with E-state index in [1.54, 1.807) is 18.2 Å². The number of anilines is 1. The van der Waals surface area contributed by atoms with Gasteiger partial charge in [0, 0.05) is 9.92 Å². The lowest BCUT2D eigenvalue weighted by Gasteiger charge is -2.20. The van der Waals surface area contributed by atoms with Gasteiger partial charge in [0.25, 0.3) is 0 Å². The Kier molecular flexibility index (Phi) is 4.71. The highest BCUT2D eigenvalue weighted by molar-refractivity contribution is 7.98. The zero-order valence-corrected chi connectivity index (χ0v) is 11.9. The van der Waals surface area contributed by atoms with Crippen LogP contribution >= 0.6 is 23.4 Å². The fraction of sp³-hybridized carbons (Fsp3) is 0.417. The smallest absolute Gasteiger partial charge is 0.412 e. The molecule has 0 aromatic heterocycles. The van der Waals surface area contributed by atoms with E-state index < -0.39 is 11.7 Å². The molecule has 1 amide bonds. The first-order valence-corrected chi connectivity index (χ1v) is 6.75. The Bertz CT molecular complexity index is 415. The fourth-order valence-electron chi connectivity index (χ4n) is 1.18. The Hall–Kier alpha value is -0.870. The number of halogens is 1. The largest absolute Gasteiger partial charge is 0.444 e. The van der Waals surface area contributed by atoms with Gasteiger partial charge in [0.05, 0.1) is 5.69 Å². The Morgan fingerprint density at radius 3 is 2.59 bits per heavy atom. The van der Waals surface area contributed by atoms with Crippen molar-refractivity contribution in [1.82, 2.24) is 0 Å². The quantitative estimate of drug-likeness (QED) is 0.811. The van der Waals surface area contributed by atoms with Crippen LogP contribution in [0.1, 0.15) is 20.8 Å². The molecule has 1 aromatic carbocycles. The van der Waals surface area contributed by atoms with Gasteiger partial charge in [-0.25, -0.2) is 4.79 Å². The summed E-state index contributed by atoms with van der Waals surface area (Å²) in [4.78, 5) is 12.5. The van der Waals surface area contributed by atoms with Crippen molar-refractivity contribution < 1.29 is 9.53 Å². The van der Waals surface area contributed by atoms with Gasteiger partial charge in [-0.15, -0.1) is 11.8 Å². The average Bonchev–Trinajstić information content (AvgIpc) is 2.17. The van der Waals surface area contributed by atoms with Crippen LogP contribution in [0.5, 0.6) is 0 Å². The first-order valence-electron chi connectivity index (χ1n) is 5.15. The third-order valence-electron chi connectivity index (χ3n) is 1.80. The van der Waals surface area contributed by atoms with E-state index in [-0.39, 0.29) is 0 Å². The van der Waals surface area contributed by atoms with Crippen LogP contribution in [-0.2, 0) is 4.74 Å². The van der Waals surface area contributed by atoms with Crippen molar-refractivity contribution in [3.05, 3.63) is 23.2 Å². The number of thioether (sulfide) groups is 1. The Morgan fingerprint density at radius 2 is 2.06 bits per heavy atom. The highest BCUT2D eigenvalue weighted by atomic mass is 35.5. The van der Waals surface area contributed by atoms with Gasteiger partial charge in [0.2, 0.25) is 0 Å². The maximum atomic E-state index is 11.6. The van der Waals surface area contributed by atoms with Gasteiger partial charge < -0.3 is 4.74 Å². The highest BCUT2D eigenvalue weighted by Gasteiger charge is 2.17. The van der Waals surface area contributed by atoms with E-state index in [2.05, 4.69) is 5.32 Å². The second-order valence-electron chi connectivity index (χ2n) is 4.47. The summed E-state index contributed by atoms with van der Waals surface area (Å²) < 4.78 is 5.18. The molecule has 0 saturated heterocycles. The van der Waals surface area contributed by atoms with E-state index >= 15 is 0 Å². The zero-order valence-electron chi connectivity index (χ0n) is 10.3. The van der Waals surface area contributed by atoms with Gasteiger partial charge in [0.15, 0.2) is 0 Å². The summed E-state index contributed by atoms with van der Waals surface area (Å²) >= 11 is 7.40. The number of rotatable bonds is 2. The van der Waals surface area contributed by atoms with Gasteiger partial charge in [-0.3, -0.25) is 5.32 Å². The molecular formula is C12H16ClNO2S. The molecular weight excluding hydrogens is 258 g/mol. The highest BCUT2D eigenvalue weighted by Crippen LogP contribution is 2.28. The molecule has 0 spiro atoms. The maximum Gasteiger partial charge on any atom is 0.412 e. The molecule has 5 heteroatoms. The summed E-state index contributed by atoms with van der Waals surface area (Å²) in [7, 11) is 0. The Labute approximate surface area is 111 Å². The van der Waals surface area contributed by atoms with Crippen molar-refractivity contribution >= 4 is 35.1 Å². The molecule has 0 aliphatic heterocycles. The predicted molar refractivity (Wildman–Crippen MR) is 73.1 cm³/mol. The van der Waals surface area contributed by atoms with E-state index in [0.29, 0.717) is 10.7 Å². The molecule has 0 aliphatic rings. The second kappa shape index (κ2) is 5.65. The maximum absolute atomic E-state index is 11.6. The van der Waals surface area contributed by atoms with Crippen molar-refractivity contribution in [1.29, 1.82) is 0 Å². The van der Waals surface area contributed by atoms with Crippen molar-refractivity contribution in [3.8, 4) is 0 Å². The first kappa shape index (κ1) is 14.2. The van der Waals surface area contributed by atoms with Crippen LogP contribution in [-0.4, -0.2) is 18.0 Å². The molecule has 3 nitrogen and oxygen atoms in total. The minimum absolute atomic E-state index is 0.463. The Balaban J connectivity index is 2.78. The van der Waals surface area contributed by atoms with E-state index in [1.807, 2.05) is 27.0 Å². The average molecular weight is 274 g/mol. The van der Waals surface area contributed by atoms with E-state index in [9.17, 15) is 4.79 Å². The summed E-state index contributed by atoms with van der Waals surface area (Å²) in [6.45, 7) is 5.47. The topological polar surface area (TPSA) is 38.3 Å². The molecule has 17 heavy (non-hydrogen) atoms. The number of hydrogen-bond donors (Lipinski definition) is 1. The van der Waals surface area contributed by atoms with Crippen LogP contribution in [0.3, 0.4) is 0 Å². The van der Waals surface area contributed by atoms with Crippen molar-refractivity contribution in [2.24, 2.45) is 0 Å². The van der Waals surface area contributed by atoms with Crippen molar-refractivity contribution in [3.63, 3.8) is 0 Å². The summed E-state index contributed by atoms with van der Waals surface area (Å²) in [5.41, 5.74) is 0.201. The van der Waals surface area contributed by atoms with Gasteiger partial charge in [0.1, 0.15) is 5.60 Å². The van der Waals surface area contributed by atoms with Crippen LogP contribution in [0.4, 0.5) is 10.5 Å². The lowest BCUT2D eigenvalue weighted by Crippen LogP contribution is -2.27. The van der Waals surface area contributed by atoms with E-state index in [1.165, 1.54) is 11.8 Å². The minimum atomic E-state index is -0.504. The monoisotopic (exact) mass is 273 g/mol. The SMILES string of the molecule is CSc1cc(Cl)ccc1NC(=O)OC(C)(C)C. The van der Waals surface area contributed by atoms with Crippen LogP contribution in [0.2, 0.25) is 5.02 Å². The van der Waals surface area contributed by atoms with Crippen LogP contribution in [0.25, 0.3) is 0 Å². The van der Waals surface area contributed by atoms with Crippen molar-refractivity contribution in [2.45, 2.75) is 31.3 Å². The van der Waals surface area contributed by atoms with Gasteiger partial charge in [-0.2, -0.15) is 0 Å². The molecule has 0 atom stereocenters. The number of benzene rings is 1. The normalized spacial score (nSPS) is 11.1.